The minimum atomic E-state index is -0.354. The first-order valence-electron chi connectivity index (χ1n) is 7.81. The summed E-state index contributed by atoms with van der Waals surface area (Å²) in [5.74, 6) is -0.354. The zero-order chi connectivity index (χ0) is 16.9. The average molecular weight is 366 g/mol. The Balaban J connectivity index is 1.53. The van der Waals surface area contributed by atoms with Gasteiger partial charge in [0.1, 0.15) is 5.82 Å². The van der Waals surface area contributed by atoms with Gasteiger partial charge in [-0.15, -0.1) is 0 Å². The highest BCUT2D eigenvalue weighted by molar-refractivity contribution is 6.33. The maximum Gasteiger partial charge on any atom is 0.133 e. The molecule has 1 fully saturated rings. The Hall–Kier alpha value is -1.62. The van der Waals surface area contributed by atoms with Crippen molar-refractivity contribution in [3.05, 3.63) is 69.5 Å². The molecule has 6 heteroatoms. The molecule has 126 valence electrons. The van der Waals surface area contributed by atoms with E-state index in [4.69, 9.17) is 23.2 Å². The number of piperazine rings is 1. The zero-order valence-corrected chi connectivity index (χ0v) is 14.6. The second kappa shape index (κ2) is 7.97. The smallest absolute Gasteiger partial charge is 0.133 e. The molecule has 2 aromatic carbocycles. The summed E-state index contributed by atoms with van der Waals surface area (Å²) < 4.78 is 13.7. The molecule has 0 aromatic heterocycles. The molecule has 0 amide bonds. The minimum Gasteiger partial charge on any atom is -0.295 e. The predicted octanol–water partition coefficient (Wildman–Crippen LogP) is 4.28. The molecule has 1 aliphatic heterocycles. The van der Waals surface area contributed by atoms with E-state index in [9.17, 15) is 4.39 Å². The lowest BCUT2D eigenvalue weighted by atomic mass is 10.2. The van der Waals surface area contributed by atoms with E-state index in [1.165, 1.54) is 17.8 Å². The first-order valence-corrected chi connectivity index (χ1v) is 8.57. The lowest BCUT2D eigenvalue weighted by Crippen LogP contribution is -2.43. The van der Waals surface area contributed by atoms with E-state index in [1.807, 2.05) is 29.3 Å². The minimum absolute atomic E-state index is 0.336. The first kappa shape index (κ1) is 17.2. The molecule has 1 saturated heterocycles. The summed E-state index contributed by atoms with van der Waals surface area (Å²) in [5, 5.41) is 7.44. The van der Waals surface area contributed by atoms with Crippen molar-refractivity contribution in [2.75, 3.05) is 26.2 Å². The van der Waals surface area contributed by atoms with Crippen molar-refractivity contribution in [2.24, 2.45) is 5.10 Å². The van der Waals surface area contributed by atoms with Crippen LogP contribution in [0, 0.1) is 5.82 Å². The molecular weight excluding hydrogens is 348 g/mol. The van der Waals surface area contributed by atoms with Crippen molar-refractivity contribution in [2.45, 2.75) is 6.54 Å². The van der Waals surface area contributed by atoms with Gasteiger partial charge in [-0.05, 0) is 29.8 Å². The number of nitrogens with zero attached hydrogens (tertiary/aromatic N) is 3. The van der Waals surface area contributed by atoms with Crippen LogP contribution in [-0.4, -0.2) is 42.3 Å². The third kappa shape index (κ3) is 4.47. The van der Waals surface area contributed by atoms with Crippen molar-refractivity contribution in [3.63, 3.8) is 0 Å². The van der Waals surface area contributed by atoms with Gasteiger partial charge in [-0.3, -0.25) is 9.91 Å². The number of hydrazone groups is 1. The third-order valence-corrected chi connectivity index (χ3v) is 4.60. The van der Waals surface area contributed by atoms with Gasteiger partial charge in [-0.2, -0.15) is 5.10 Å². The van der Waals surface area contributed by atoms with Gasteiger partial charge in [0.25, 0.3) is 0 Å². The molecule has 1 heterocycles. The summed E-state index contributed by atoms with van der Waals surface area (Å²) in [6, 6.07) is 12.6. The fraction of sp³-hybridized carbons (Fsp3) is 0.278. The second-order valence-corrected chi connectivity index (χ2v) is 6.58. The zero-order valence-electron chi connectivity index (χ0n) is 13.1. The maximum atomic E-state index is 13.7. The number of rotatable bonds is 4. The summed E-state index contributed by atoms with van der Waals surface area (Å²) >= 11 is 11.9. The van der Waals surface area contributed by atoms with Gasteiger partial charge in [0.15, 0.2) is 0 Å². The lowest BCUT2D eigenvalue weighted by molar-refractivity contribution is 0.131. The molecule has 3 nitrogen and oxygen atoms in total. The van der Waals surface area contributed by atoms with E-state index in [2.05, 4.69) is 10.0 Å². The van der Waals surface area contributed by atoms with Gasteiger partial charge < -0.3 is 0 Å². The molecular formula is C18H18Cl2FN3. The molecule has 0 unspecified atom stereocenters. The highest BCUT2D eigenvalue weighted by Gasteiger charge is 2.15. The quantitative estimate of drug-likeness (QED) is 0.752. The van der Waals surface area contributed by atoms with Crippen molar-refractivity contribution < 1.29 is 4.39 Å². The van der Waals surface area contributed by atoms with E-state index in [0.717, 1.165) is 37.7 Å². The van der Waals surface area contributed by atoms with E-state index in [-0.39, 0.29) is 5.82 Å². The Bertz CT molecular complexity index is 690. The molecule has 0 radical (unpaired) electrons. The van der Waals surface area contributed by atoms with Gasteiger partial charge in [0.2, 0.25) is 0 Å². The van der Waals surface area contributed by atoms with Crippen molar-refractivity contribution in [1.82, 2.24) is 9.91 Å². The van der Waals surface area contributed by atoms with Crippen LogP contribution in [0.15, 0.2) is 47.6 Å². The highest BCUT2D eigenvalue weighted by atomic mass is 35.5. The fourth-order valence-electron chi connectivity index (χ4n) is 2.63. The first-order chi connectivity index (χ1) is 11.6. The molecule has 0 bridgehead atoms. The van der Waals surface area contributed by atoms with E-state index >= 15 is 0 Å². The number of benzene rings is 2. The van der Waals surface area contributed by atoms with E-state index in [0.29, 0.717) is 10.6 Å². The van der Waals surface area contributed by atoms with E-state index in [1.54, 1.807) is 12.1 Å². The predicted molar refractivity (Wildman–Crippen MR) is 97.3 cm³/mol. The Morgan fingerprint density at radius 1 is 1.00 bits per heavy atom. The van der Waals surface area contributed by atoms with Gasteiger partial charge in [0.05, 0.1) is 11.2 Å². The van der Waals surface area contributed by atoms with Crippen molar-refractivity contribution in [1.29, 1.82) is 0 Å². The van der Waals surface area contributed by atoms with Gasteiger partial charge >= 0.3 is 0 Å². The Morgan fingerprint density at radius 3 is 2.38 bits per heavy atom. The number of hydrogen-bond donors (Lipinski definition) is 0. The number of hydrogen-bond acceptors (Lipinski definition) is 3. The largest absolute Gasteiger partial charge is 0.295 e. The molecule has 3 rings (SSSR count). The molecule has 0 atom stereocenters. The Kier molecular flexibility index (Phi) is 5.72. The monoisotopic (exact) mass is 365 g/mol. The highest BCUT2D eigenvalue weighted by Crippen LogP contribution is 2.17. The van der Waals surface area contributed by atoms with Crippen LogP contribution in [0.3, 0.4) is 0 Å². The summed E-state index contributed by atoms with van der Waals surface area (Å²) in [4.78, 5) is 2.37. The second-order valence-electron chi connectivity index (χ2n) is 5.74. The summed E-state index contributed by atoms with van der Waals surface area (Å²) in [7, 11) is 0. The van der Waals surface area contributed by atoms with Crippen LogP contribution < -0.4 is 0 Å². The average Bonchev–Trinajstić information content (AvgIpc) is 2.58. The summed E-state index contributed by atoms with van der Waals surface area (Å²) in [6.45, 7) is 4.32. The third-order valence-electron chi connectivity index (χ3n) is 4.02. The van der Waals surface area contributed by atoms with Gasteiger partial charge in [0, 0.05) is 43.3 Å². The molecule has 0 aliphatic carbocycles. The van der Waals surface area contributed by atoms with E-state index < -0.39 is 0 Å². The van der Waals surface area contributed by atoms with Gasteiger partial charge in [-0.1, -0.05) is 41.4 Å². The van der Waals surface area contributed by atoms with Crippen LogP contribution in [0.1, 0.15) is 11.1 Å². The molecule has 24 heavy (non-hydrogen) atoms. The van der Waals surface area contributed by atoms with Crippen molar-refractivity contribution in [3.8, 4) is 0 Å². The number of halogens is 3. The molecule has 2 aromatic rings. The van der Waals surface area contributed by atoms with Crippen LogP contribution in [0.5, 0.6) is 0 Å². The standard InChI is InChI=1S/C18H18Cl2FN3/c19-15-6-4-14(5-7-15)13-23-8-10-24(11-9-23)22-12-16-17(20)2-1-3-18(16)21/h1-7,12H,8-11,13H2/b22-12+. The SMILES string of the molecule is Fc1cccc(Cl)c1/C=N/N1CCN(Cc2ccc(Cl)cc2)CC1. The van der Waals surface area contributed by atoms with Crippen LogP contribution in [0.2, 0.25) is 10.0 Å². The van der Waals surface area contributed by atoms with Crippen LogP contribution >= 0.6 is 23.2 Å². The normalized spacial score (nSPS) is 16.0. The maximum absolute atomic E-state index is 13.7. The summed E-state index contributed by atoms with van der Waals surface area (Å²) in [6.07, 6.45) is 1.51. The molecule has 1 aliphatic rings. The molecule has 0 N–H and O–H groups in total. The fourth-order valence-corrected chi connectivity index (χ4v) is 2.97. The lowest BCUT2D eigenvalue weighted by Gasteiger charge is -2.33. The Morgan fingerprint density at radius 2 is 1.71 bits per heavy atom. The van der Waals surface area contributed by atoms with Crippen molar-refractivity contribution >= 4 is 29.4 Å². The van der Waals surface area contributed by atoms with Crippen LogP contribution in [0.4, 0.5) is 4.39 Å². The topological polar surface area (TPSA) is 18.8 Å². The Labute approximate surface area is 151 Å². The molecule has 0 spiro atoms. The van der Waals surface area contributed by atoms with Crippen LogP contribution in [0.25, 0.3) is 0 Å². The molecule has 0 saturated carbocycles. The van der Waals surface area contributed by atoms with Gasteiger partial charge in [-0.25, -0.2) is 4.39 Å². The van der Waals surface area contributed by atoms with Crippen LogP contribution in [-0.2, 0) is 6.54 Å². The summed E-state index contributed by atoms with van der Waals surface area (Å²) in [5.41, 5.74) is 1.58.